The summed E-state index contributed by atoms with van der Waals surface area (Å²) >= 11 is 0. The van der Waals surface area contributed by atoms with Crippen molar-refractivity contribution in [2.75, 3.05) is 39.3 Å². The van der Waals surface area contributed by atoms with Crippen molar-refractivity contribution in [2.24, 2.45) is 11.8 Å². The van der Waals surface area contributed by atoms with E-state index in [4.69, 9.17) is 14.2 Å². The average Bonchev–Trinajstić information content (AvgIpc) is 3.13. The first-order chi connectivity index (χ1) is 19.0. The van der Waals surface area contributed by atoms with Gasteiger partial charge in [0.05, 0.1) is 20.8 Å². The predicted octanol–water partition coefficient (Wildman–Crippen LogP) is 6.08. The first kappa shape index (κ1) is 29.1. The van der Waals surface area contributed by atoms with Gasteiger partial charge in [0, 0.05) is 38.2 Å². The van der Waals surface area contributed by atoms with Crippen LogP contribution in [0.4, 0.5) is 5.82 Å². The van der Waals surface area contributed by atoms with Gasteiger partial charge in [-0.15, -0.1) is 10.2 Å². The number of aryl methyl sites for hydroxylation is 1. The Morgan fingerprint density at radius 1 is 1.05 bits per heavy atom. The van der Waals surface area contributed by atoms with E-state index >= 15 is 0 Å². The fourth-order valence-electron chi connectivity index (χ4n) is 6.11. The maximum absolute atomic E-state index is 11.4. The van der Waals surface area contributed by atoms with E-state index in [-0.39, 0.29) is 11.7 Å². The van der Waals surface area contributed by atoms with Crippen LogP contribution >= 0.6 is 0 Å². The molecule has 4 rings (SSSR count). The molecular weight excluding hydrogens is 494 g/mol. The molecule has 0 amide bonds. The molecule has 1 fully saturated rings. The lowest BCUT2D eigenvalue weighted by Gasteiger charge is -2.24. The van der Waals surface area contributed by atoms with Gasteiger partial charge in [-0.3, -0.25) is 4.79 Å². The number of nitrogens with zero attached hydrogens (tertiary/aromatic N) is 3. The predicted molar refractivity (Wildman–Crippen MR) is 152 cm³/mol. The number of methoxy groups -OCH3 is 2. The lowest BCUT2D eigenvalue weighted by molar-refractivity contribution is -0.140. The third kappa shape index (κ3) is 8.07. The molecule has 0 bridgehead atoms. The normalized spacial score (nSPS) is 19.5. The minimum atomic E-state index is -0.0987. The minimum Gasteiger partial charge on any atom is -0.507 e. The lowest BCUT2D eigenvalue weighted by atomic mass is 9.87. The van der Waals surface area contributed by atoms with Crippen LogP contribution in [0.2, 0.25) is 0 Å². The van der Waals surface area contributed by atoms with Crippen molar-refractivity contribution in [1.82, 2.24) is 10.2 Å². The number of unbranched alkanes of at least 4 members (excludes halogenated alkanes) is 1. The van der Waals surface area contributed by atoms with E-state index in [2.05, 4.69) is 28.2 Å². The Morgan fingerprint density at radius 2 is 1.85 bits per heavy atom. The Kier molecular flexibility index (Phi) is 10.8. The van der Waals surface area contributed by atoms with Crippen LogP contribution in [0, 0.1) is 11.8 Å². The summed E-state index contributed by atoms with van der Waals surface area (Å²) in [5.74, 6) is 2.99. The number of anilines is 1. The van der Waals surface area contributed by atoms with Crippen molar-refractivity contribution in [2.45, 2.75) is 83.7 Å². The number of hydrogen-bond donors (Lipinski definition) is 1. The number of ether oxygens (including phenoxy) is 3. The average molecular weight is 540 g/mol. The van der Waals surface area contributed by atoms with Gasteiger partial charge < -0.3 is 24.2 Å². The molecule has 2 heterocycles. The standard InChI is InChI=1S/C31H45N3O5/c1-34(15-14-23-11-5-4-9-22(17-23)10-6-7-13-29(36)38-3)28-19-24-12-8-16-39-21-25-18-26(37-2)20-27(35)30(25)31(24)33-32-28/h18-20,22-23,35H,4-17,21H2,1-3H3/t22?,23-/m0/s1. The molecule has 1 saturated carbocycles. The van der Waals surface area contributed by atoms with Gasteiger partial charge in [0.1, 0.15) is 17.2 Å². The molecular formula is C31H45N3O5. The molecule has 1 aromatic heterocycles. The van der Waals surface area contributed by atoms with Gasteiger partial charge in [-0.25, -0.2) is 0 Å². The van der Waals surface area contributed by atoms with Gasteiger partial charge in [0.25, 0.3) is 0 Å². The van der Waals surface area contributed by atoms with Gasteiger partial charge >= 0.3 is 5.97 Å². The van der Waals surface area contributed by atoms with Crippen molar-refractivity contribution in [3.63, 3.8) is 0 Å². The number of carbonyl (C=O) groups excluding carboxylic acids is 1. The maximum atomic E-state index is 11.4. The van der Waals surface area contributed by atoms with Crippen LogP contribution in [-0.2, 0) is 27.3 Å². The van der Waals surface area contributed by atoms with E-state index in [1.165, 1.54) is 45.6 Å². The van der Waals surface area contributed by atoms with Crippen molar-refractivity contribution in [3.05, 3.63) is 29.3 Å². The second-order valence-corrected chi connectivity index (χ2v) is 11.2. The molecule has 2 aromatic rings. The van der Waals surface area contributed by atoms with Crippen LogP contribution in [0.5, 0.6) is 11.5 Å². The van der Waals surface area contributed by atoms with Crippen LogP contribution in [0.15, 0.2) is 18.2 Å². The molecule has 0 spiro atoms. The van der Waals surface area contributed by atoms with Crippen molar-refractivity contribution < 1.29 is 24.1 Å². The summed E-state index contributed by atoms with van der Waals surface area (Å²) in [4.78, 5) is 13.6. The Morgan fingerprint density at radius 3 is 2.62 bits per heavy atom. The number of fused-ring (bicyclic) bond motifs is 3. The summed E-state index contributed by atoms with van der Waals surface area (Å²) in [6.07, 6.45) is 13.1. The number of aromatic nitrogens is 2. The Balaban J connectivity index is 1.39. The van der Waals surface area contributed by atoms with E-state index in [9.17, 15) is 9.90 Å². The monoisotopic (exact) mass is 539 g/mol. The zero-order chi connectivity index (χ0) is 27.6. The van der Waals surface area contributed by atoms with Crippen molar-refractivity contribution in [3.8, 4) is 22.8 Å². The molecule has 1 N–H and O–H groups in total. The molecule has 1 unspecified atom stereocenters. The summed E-state index contributed by atoms with van der Waals surface area (Å²) in [6, 6.07) is 5.67. The quantitative estimate of drug-likeness (QED) is 0.221. The second-order valence-electron chi connectivity index (χ2n) is 11.2. The van der Waals surface area contributed by atoms with E-state index < -0.39 is 0 Å². The molecule has 1 aromatic carbocycles. The fourth-order valence-corrected chi connectivity index (χ4v) is 6.11. The summed E-state index contributed by atoms with van der Waals surface area (Å²) < 4.78 is 16.0. The third-order valence-corrected chi connectivity index (χ3v) is 8.37. The fraction of sp³-hybridized carbons (Fsp3) is 0.645. The second kappa shape index (κ2) is 14.5. The lowest BCUT2D eigenvalue weighted by Crippen LogP contribution is -2.23. The highest BCUT2D eigenvalue weighted by Gasteiger charge is 2.23. The van der Waals surface area contributed by atoms with Gasteiger partial charge in [-0.1, -0.05) is 38.5 Å². The van der Waals surface area contributed by atoms with Crippen LogP contribution in [0.25, 0.3) is 11.3 Å². The number of benzene rings is 1. The van der Waals surface area contributed by atoms with E-state index in [0.29, 0.717) is 30.9 Å². The third-order valence-electron chi connectivity index (χ3n) is 8.37. The molecule has 214 valence electrons. The topological polar surface area (TPSA) is 94.0 Å². The van der Waals surface area contributed by atoms with E-state index in [1.54, 1.807) is 13.2 Å². The van der Waals surface area contributed by atoms with E-state index in [0.717, 1.165) is 73.1 Å². The number of hydrogen-bond acceptors (Lipinski definition) is 8. The molecule has 0 radical (unpaired) electrons. The van der Waals surface area contributed by atoms with Crippen molar-refractivity contribution >= 4 is 11.8 Å². The van der Waals surface area contributed by atoms with Crippen LogP contribution in [0.3, 0.4) is 0 Å². The molecule has 2 atom stereocenters. The highest BCUT2D eigenvalue weighted by atomic mass is 16.5. The Bertz CT molecular complexity index is 1090. The SMILES string of the molecule is COC(=O)CCCCC1CCCC[C@@H](CCN(C)c2cc3c(nn2)-c2c(O)cc(OC)cc2COCCC3)C1. The summed E-state index contributed by atoms with van der Waals surface area (Å²) in [5.41, 5.74) is 3.36. The molecule has 39 heavy (non-hydrogen) atoms. The molecule has 2 aliphatic rings. The maximum Gasteiger partial charge on any atom is 0.305 e. The smallest absolute Gasteiger partial charge is 0.305 e. The number of esters is 1. The highest BCUT2D eigenvalue weighted by molar-refractivity contribution is 5.75. The minimum absolute atomic E-state index is 0.0987. The van der Waals surface area contributed by atoms with Gasteiger partial charge in [0.2, 0.25) is 0 Å². The van der Waals surface area contributed by atoms with E-state index in [1.807, 2.05) is 6.07 Å². The number of carbonyl (C=O) groups is 1. The van der Waals surface area contributed by atoms with Crippen LogP contribution < -0.4 is 9.64 Å². The van der Waals surface area contributed by atoms with Crippen molar-refractivity contribution in [1.29, 1.82) is 0 Å². The number of aromatic hydroxyl groups is 1. The molecule has 1 aliphatic heterocycles. The largest absolute Gasteiger partial charge is 0.507 e. The Hall–Kier alpha value is -2.87. The number of phenols is 1. The number of phenolic OH excluding ortho intramolecular Hbond substituents is 1. The molecule has 0 saturated heterocycles. The zero-order valence-corrected chi connectivity index (χ0v) is 23.9. The van der Waals surface area contributed by atoms with Gasteiger partial charge in [0.15, 0.2) is 5.82 Å². The molecule has 8 heteroatoms. The molecule has 1 aliphatic carbocycles. The number of rotatable bonds is 10. The summed E-state index contributed by atoms with van der Waals surface area (Å²) in [7, 11) is 5.16. The van der Waals surface area contributed by atoms with Gasteiger partial charge in [-0.2, -0.15) is 0 Å². The first-order valence-electron chi connectivity index (χ1n) is 14.6. The first-order valence-corrected chi connectivity index (χ1v) is 14.6. The zero-order valence-electron chi connectivity index (χ0n) is 23.9. The Labute approximate surface area is 233 Å². The summed E-state index contributed by atoms with van der Waals surface area (Å²) in [5, 5.41) is 20.1. The van der Waals surface area contributed by atoms with Crippen LogP contribution in [0.1, 0.15) is 81.8 Å². The van der Waals surface area contributed by atoms with Gasteiger partial charge in [-0.05, 0) is 67.2 Å². The highest BCUT2D eigenvalue weighted by Crippen LogP contribution is 2.39. The van der Waals surface area contributed by atoms with Crippen LogP contribution in [-0.4, -0.2) is 55.7 Å². The summed E-state index contributed by atoms with van der Waals surface area (Å²) in [6.45, 7) is 1.99. The molecule has 8 nitrogen and oxygen atoms in total.